The fourth-order valence-electron chi connectivity index (χ4n) is 1.37. The summed E-state index contributed by atoms with van der Waals surface area (Å²) in [5.74, 6) is -0.168. The van der Waals surface area contributed by atoms with Crippen molar-refractivity contribution in [2.24, 2.45) is 0 Å². The van der Waals surface area contributed by atoms with Crippen LogP contribution in [0, 0.1) is 11.3 Å². The van der Waals surface area contributed by atoms with Crippen LogP contribution in [-0.2, 0) is 0 Å². The Morgan fingerprint density at radius 2 is 2.06 bits per heavy atom. The fraction of sp³-hybridized carbons (Fsp3) is 0.385. The minimum Gasteiger partial charge on any atom is -0.392 e. The van der Waals surface area contributed by atoms with E-state index >= 15 is 0 Å². The number of nitrogens with one attached hydrogen (secondary N) is 2. The number of rotatable bonds is 6. The van der Waals surface area contributed by atoms with Gasteiger partial charge in [-0.05, 0) is 31.2 Å². The van der Waals surface area contributed by atoms with Crippen molar-refractivity contribution in [3.63, 3.8) is 0 Å². The number of hydrogen-bond donors (Lipinski definition) is 3. The van der Waals surface area contributed by atoms with Crippen LogP contribution in [0.2, 0.25) is 0 Å². The summed E-state index contributed by atoms with van der Waals surface area (Å²) in [6.07, 6.45) is -0.390. The van der Waals surface area contributed by atoms with Crippen molar-refractivity contribution in [2.45, 2.75) is 13.0 Å². The average molecular weight is 247 g/mol. The molecule has 0 heterocycles. The van der Waals surface area contributed by atoms with Gasteiger partial charge in [0.05, 0.1) is 17.7 Å². The van der Waals surface area contributed by atoms with Gasteiger partial charge in [-0.15, -0.1) is 0 Å². The van der Waals surface area contributed by atoms with Gasteiger partial charge in [0, 0.05) is 25.2 Å². The molecule has 5 nitrogen and oxygen atoms in total. The van der Waals surface area contributed by atoms with Crippen LogP contribution in [-0.4, -0.2) is 36.8 Å². The number of hydrogen-bond acceptors (Lipinski definition) is 4. The SMILES string of the molecule is CC(O)CNCCNC(=O)c1ccc(C#N)cc1. The van der Waals surface area contributed by atoms with E-state index in [1.54, 1.807) is 31.2 Å². The van der Waals surface area contributed by atoms with Crippen molar-refractivity contribution in [3.8, 4) is 6.07 Å². The monoisotopic (exact) mass is 247 g/mol. The molecule has 0 saturated carbocycles. The highest BCUT2D eigenvalue weighted by molar-refractivity contribution is 5.94. The lowest BCUT2D eigenvalue weighted by atomic mass is 10.1. The van der Waals surface area contributed by atoms with Crippen molar-refractivity contribution in [1.82, 2.24) is 10.6 Å². The first-order valence-electron chi connectivity index (χ1n) is 5.80. The summed E-state index contributed by atoms with van der Waals surface area (Å²) in [7, 11) is 0. The molecule has 0 aliphatic carbocycles. The molecule has 0 spiro atoms. The topological polar surface area (TPSA) is 85.2 Å². The highest BCUT2D eigenvalue weighted by Crippen LogP contribution is 2.02. The van der Waals surface area contributed by atoms with Crippen LogP contribution in [0.15, 0.2) is 24.3 Å². The standard InChI is InChI=1S/C13H17N3O2/c1-10(17)9-15-6-7-16-13(18)12-4-2-11(8-14)3-5-12/h2-5,10,15,17H,6-7,9H2,1H3,(H,16,18). The highest BCUT2D eigenvalue weighted by Gasteiger charge is 2.04. The van der Waals surface area contributed by atoms with Gasteiger partial charge in [0.15, 0.2) is 0 Å². The molecular weight excluding hydrogens is 230 g/mol. The molecule has 0 aliphatic heterocycles. The summed E-state index contributed by atoms with van der Waals surface area (Å²) in [5.41, 5.74) is 1.06. The van der Waals surface area contributed by atoms with Crippen molar-refractivity contribution in [2.75, 3.05) is 19.6 Å². The molecule has 3 N–H and O–H groups in total. The Morgan fingerprint density at radius 1 is 1.39 bits per heavy atom. The summed E-state index contributed by atoms with van der Waals surface area (Å²) in [6.45, 7) is 3.30. The summed E-state index contributed by atoms with van der Waals surface area (Å²) in [4.78, 5) is 11.7. The molecule has 0 aliphatic rings. The van der Waals surface area contributed by atoms with Gasteiger partial charge in [0.2, 0.25) is 0 Å². The number of aliphatic hydroxyl groups is 1. The molecule has 0 bridgehead atoms. The van der Waals surface area contributed by atoms with Crippen LogP contribution in [0.1, 0.15) is 22.8 Å². The Bertz CT molecular complexity index is 421. The van der Waals surface area contributed by atoms with Gasteiger partial charge in [0.25, 0.3) is 5.91 Å². The van der Waals surface area contributed by atoms with Gasteiger partial charge in [-0.25, -0.2) is 0 Å². The lowest BCUT2D eigenvalue weighted by Crippen LogP contribution is -2.34. The molecule has 1 amide bonds. The van der Waals surface area contributed by atoms with Crippen molar-refractivity contribution < 1.29 is 9.90 Å². The van der Waals surface area contributed by atoms with Gasteiger partial charge in [-0.1, -0.05) is 0 Å². The van der Waals surface area contributed by atoms with Crippen LogP contribution >= 0.6 is 0 Å². The van der Waals surface area contributed by atoms with E-state index in [1.165, 1.54) is 0 Å². The minimum absolute atomic E-state index is 0.168. The molecule has 0 saturated heterocycles. The summed E-state index contributed by atoms with van der Waals surface area (Å²) in [6, 6.07) is 8.47. The first-order valence-corrected chi connectivity index (χ1v) is 5.80. The number of nitriles is 1. The summed E-state index contributed by atoms with van der Waals surface area (Å²) < 4.78 is 0. The van der Waals surface area contributed by atoms with E-state index in [0.29, 0.717) is 30.8 Å². The lowest BCUT2D eigenvalue weighted by molar-refractivity contribution is 0.0953. The molecule has 1 atom stereocenters. The molecule has 18 heavy (non-hydrogen) atoms. The van der Waals surface area contributed by atoms with Crippen LogP contribution < -0.4 is 10.6 Å². The van der Waals surface area contributed by atoms with Gasteiger partial charge in [0.1, 0.15) is 0 Å². The summed E-state index contributed by atoms with van der Waals surface area (Å²) in [5, 5.41) is 23.4. The molecule has 1 aromatic rings. The third-order valence-electron chi connectivity index (χ3n) is 2.30. The maximum atomic E-state index is 11.7. The normalized spacial score (nSPS) is 11.6. The van der Waals surface area contributed by atoms with Crippen molar-refractivity contribution in [1.29, 1.82) is 5.26 Å². The van der Waals surface area contributed by atoms with E-state index in [-0.39, 0.29) is 12.0 Å². The molecule has 0 fully saturated rings. The third kappa shape index (κ3) is 4.95. The fourth-order valence-corrected chi connectivity index (χ4v) is 1.37. The van der Waals surface area contributed by atoms with Crippen LogP contribution in [0.25, 0.3) is 0 Å². The first kappa shape index (κ1) is 14.2. The number of carbonyl (C=O) groups excluding carboxylic acids is 1. The molecule has 1 rings (SSSR count). The number of carbonyl (C=O) groups is 1. The number of aliphatic hydroxyl groups excluding tert-OH is 1. The number of amides is 1. The van der Waals surface area contributed by atoms with Crippen molar-refractivity contribution in [3.05, 3.63) is 35.4 Å². The van der Waals surface area contributed by atoms with Gasteiger partial charge in [-0.3, -0.25) is 4.79 Å². The summed E-state index contributed by atoms with van der Waals surface area (Å²) >= 11 is 0. The predicted octanol–water partition coefficient (Wildman–Crippen LogP) is 0.258. The predicted molar refractivity (Wildman–Crippen MR) is 68.0 cm³/mol. The largest absolute Gasteiger partial charge is 0.392 e. The van der Waals surface area contributed by atoms with E-state index in [1.807, 2.05) is 6.07 Å². The second-order valence-corrected chi connectivity index (χ2v) is 4.00. The van der Waals surface area contributed by atoms with Gasteiger partial charge >= 0.3 is 0 Å². The maximum absolute atomic E-state index is 11.7. The highest BCUT2D eigenvalue weighted by atomic mass is 16.3. The second kappa shape index (κ2) is 7.43. The molecule has 1 aromatic carbocycles. The zero-order valence-corrected chi connectivity index (χ0v) is 10.3. The molecule has 0 radical (unpaired) electrons. The Kier molecular flexibility index (Phi) is 5.85. The molecule has 5 heteroatoms. The lowest BCUT2D eigenvalue weighted by Gasteiger charge is -2.08. The van der Waals surface area contributed by atoms with Gasteiger partial charge in [-0.2, -0.15) is 5.26 Å². The Labute approximate surface area is 106 Å². The Hall–Kier alpha value is -1.90. The van der Waals surface area contributed by atoms with E-state index < -0.39 is 0 Å². The molecule has 96 valence electrons. The van der Waals surface area contributed by atoms with Crippen LogP contribution in [0.3, 0.4) is 0 Å². The molecule has 1 unspecified atom stereocenters. The number of benzene rings is 1. The quantitative estimate of drug-likeness (QED) is 0.629. The van der Waals surface area contributed by atoms with Crippen LogP contribution in [0.5, 0.6) is 0 Å². The third-order valence-corrected chi connectivity index (χ3v) is 2.30. The van der Waals surface area contributed by atoms with E-state index in [2.05, 4.69) is 10.6 Å². The number of nitrogens with zero attached hydrogens (tertiary/aromatic N) is 1. The first-order chi connectivity index (χ1) is 8.63. The van der Waals surface area contributed by atoms with E-state index in [0.717, 1.165) is 0 Å². The van der Waals surface area contributed by atoms with Crippen LogP contribution in [0.4, 0.5) is 0 Å². The molecule has 0 aromatic heterocycles. The Morgan fingerprint density at radius 3 is 2.61 bits per heavy atom. The second-order valence-electron chi connectivity index (χ2n) is 4.00. The minimum atomic E-state index is -0.390. The average Bonchev–Trinajstić information content (AvgIpc) is 2.38. The smallest absolute Gasteiger partial charge is 0.251 e. The zero-order chi connectivity index (χ0) is 13.4. The van der Waals surface area contributed by atoms with Crippen molar-refractivity contribution >= 4 is 5.91 Å². The Balaban J connectivity index is 2.30. The maximum Gasteiger partial charge on any atom is 0.251 e. The zero-order valence-electron chi connectivity index (χ0n) is 10.3. The molecular formula is C13H17N3O2. The van der Waals surface area contributed by atoms with E-state index in [4.69, 9.17) is 10.4 Å². The van der Waals surface area contributed by atoms with E-state index in [9.17, 15) is 4.79 Å². The van der Waals surface area contributed by atoms with Gasteiger partial charge < -0.3 is 15.7 Å².